The number of rotatable bonds is 15. The van der Waals surface area contributed by atoms with Crippen molar-refractivity contribution in [2.24, 2.45) is 0 Å². The Balaban J connectivity index is 0.000000106. The lowest BCUT2D eigenvalue weighted by molar-refractivity contribution is -0.129. The topological polar surface area (TPSA) is 380 Å². The van der Waals surface area contributed by atoms with Crippen molar-refractivity contribution in [3.63, 3.8) is 0 Å². The Morgan fingerprint density at radius 2 is 0.594 bits per heavy atom. The first-order valence-electron chi connectivity index (χ1n) is 44.0. The van der Waals surface area contributed by atoms with Crippen molar-refractivity contribution >= 4 is 81.3 Å². The highest BCUT2D eigenvalue weighted by molar-refractivity contribution is 5.80. The van der Waals surface area contributed by atoms with Crippen LogP contribution in [-0.4, -0.2) is 286 Å². The molecule has 24 rings (SSSR count). The lowest BCUT2D eigenvalue weighted by atomic mass is 10.1. The molecule has 49 heteroatoms. The first-order valence-corrected chi connectivity index (χ1v) is 44.0. The third-order valence-electron chi connectivity index (χ3n) is 24.9. The number of alkyl halides is 10. The molecular formula is C89H83F10N35O4. The monoisotopic (exact) mass is 1900 g/mol. The molecule has 3 atom stereocenters. The number of carbonyl (C=O) groups is 4. The van der Waals surface area contributed by atoms with Gasteiger partial charge in [-0.2, -0.15) is 25.5 Å². The number of imidazole rings is 5. The second-order valence-electron chi connectivity index (χ2n) is 33.2. The lowest BCUT2D eigenvalue weighted by Crippen LogP contribution is -2.52. The maximum atomic E-state index is 13.0. The van der Waals surface area contributed by atoms with Gasteiger partial charge in [-0.3, -0.25) is 4.79 Å². The summed E-state index contributed by atoms with van der Waals surface area (Å²) < 4.78 is 139. The summed E-state index contributed by atoms with van der Waals surface area (Å²) in [4.78, 5) is 108. The molecule has 0 aromatic carbocycles. The van der Waals surface area contributed by atoms with Crippen molar-refractivity contribution < 1.29 is 63.1 Å². The molecule has 16 aromatic rings. The van der Waals surface area contributed by atoms with Crippen LogP contribution in [-0.2, 0) is 17.9 Å². The summed E-state index contributed by atoms with van der Waals surface area (Å²) in [5.74, 6) is 4.83. The number of hydrogen-bond acceptors (Lipinski definition) is 26. The fourth-order valence-electron chi connectivity index (χ4n) is 17.7. The van der Waals surface area contributed by atoms with Crippen LogP contribution in [0.3, 0.4) is 0 Å². The van der Waals surface area contributed by atoms with Gasteiger partial charge >= 0.3 is 18.1 Å². The van der Waals surface area contributed by atoms with Crippen LogP contribution in [0, 0.1) is 0 Å². The number of aromatic nitrogens is 23. The van der Waals surface area contributed by atoms with Gasteiger partial charge in [0.25, 0.3) is 32.1 Å². The first kappa shape index (κ1) is 89.4. The van der Waals surface area contributed by atoms with Crippen molar-refractivity contribution in [2.75, 3.05) is 136 Å². The van der Waals surface area contributed by atoms with Crippen LogP contribution in [0.2, 0.25) is 0 Å². The Kier molecular flexibility index (Phi) is 24.7. The van der Waals surface area contributed by atoms with Gasteiger partial charge in [0.1, 0.15) is 63.9 Å². The van der Waals surface area contributed by atoms with Crippen LogP contribution in [0.1, 0.15) is 73.3 Å². The molecule has 138 heavy (non-hydrogen) atoms. The summed E-state index contributed by atoms with van der Waals surface area (Å²) in [5, 5.41) is 36.7. The van der Waals surface area contributed by atoms with E-state index in [0.29, 0.717) is 168 Å². The molecular weight excluding hydrogens is 1810 g/mol. The molecule has 8 aliphatic heterocycles. The Morgan fingerprint density at radius 3 is 0.877 bits per heavy atom. The summed E-state index contributed by atoms with van der Waals surface area (Å²) in [6, 6.07) is 32.9. The molecule has 0 spiro atoms. The predicted octanol–water partition coefficient (Wildman–Crippen LogP) is 10.6. The summed E-state index contributed by atoms with van der Waals surface area (Å²) in [6.45, 7) is 14.3. The van der Waals surface area contributed by atoms with Gasteiger partial charge in [0.05, 0.1) is 84.1 Å². The molecule has 3 unspecified atom stereocenters. The van der Waals surface area contributed by atoms with E-state index >= 15 is 0 Å². The molecule has 7 fully saturated rings. The van der Waals surface area contributed by atoms with Crippen LogP contribution < -0.4 is 40.4 Å². The quantitative estimate of drug-likeness (QED) is 0.0803. The fourth-order valence-corrected chi connectivity index (χ4v) is 17.7. The molecule has 0 bridgehead atoms. The maximum absolute atomic E-state index is 13.0. The second-order valence-corrected chi connectivity index (χ2v) is 33.2. The van der Waals surface area contributed by atoms with E-state index in [2.05, 4.69) is 126 Å². The van der Waals surface area contributed by atoms with Gasteiger partial charge in [-0.05, 0) is 121 Å². The molecule has 7 saturated heterocycles. The number of nitrogens with zero attached hydrogens (tertiary/aromatic N) is 32. The smallest absolute Gasteiger partial charge is 0.317 e. The van der Waals surface area contributed by atoms with Gasteiger partial charge < -0.3 is 64.6 Å². The largest absolute Gasteiger partial charge is 0.353 e. The number of anilines is 5. The molecule has 0 saturated carbocycles. The zero-order valence-electron chi connectivity index (χ0n) is 73.2. The van der Waals surface area contributed by atoms with Crippen molar-refractivity contribution in [1.82, 2.24) is 148 Å². The van der Waals surface area contributed by atoms with Gasteiger partial charge in [-0.1, -0.05) is 0 Å². The van der Waals surface area contributed by atoms with Crippen molar-refractivity contribution in [3.8, 4) is 56.3 Å². The van der Waals surface area contributed by atoms with Gasteiger partial charge in [0.15, 0.2) is 34.1 Å². The summed E-state index contributed by atoms with van der Waals surface area (Å²) in [7, 11) is 0. The van der Waals surface area contributed by atoms with E-state index in [1.807, 2.05) is 55.7 Å². The third kappa shape index (κ3) is 18.4. The number of amides is 7. The maximum Gasteiger partial charge on any atom is 0.317 e. The number of fused-ring (bicyclic) bond motifs is 9. The number of hydrogen-bond donors (Lipinski definition) is 3. The average molecular weight is 1900 g/mol. The normalized spacial score (nSPS) is 17.5. The van der Waals surface area contributed by atoms with Crippen LogP contribution in [0.25, 0.3) is 84.5 Å². The third-order valence-corrected chi connectivity index (χ3v) is 24.9. The molecule has 0 aliphatic carbocycles. The highest BCUT2D eigenvalue weighted by atomic mass is 19.3. The molecule has 16 aromatic heterocycles. The van der Waals surface area contributed by atoms with Crippen LogP contribution in [0.4, 0.5) is 87.4 Å². The van der Waals surface area contributed by atoms with E-state index in [-0.39, 0.29) is 70.6 Å². The summed E-state index contributed by atoms with van der Waals surface area (Å²) >= 11 is 0. The highest BCUT2D eigenvalue weighted by Gasteiger charge is 2.40. The van der Waals surface area contributed by atoms with Crippen LogP contribution in [0.15, 0.2) is 190 Å². The molecule has 0 radical (unpaired) electrons. The van der Waals surface area contributed by atoms with E-state index < -0.39 is 32.1 Å². The van der Waals surface area contributed by atoms with Crippen molar-refractivity contribution in [3.05, 3.63) is 224 Å². The van der Waals surface area contributed by atoms with Gasteiger partial charge in [-0.25, -0.2) is 131 Å². The minimum atomic E-state index is -2.65. The molecule has 24 heterocycles. The Hall–Kier alpha value is -16.4. The van der Waals surface area contributed by atoms with Gasteiger partial charge in [0, 0.05) is 184 Å². The molecule has 8 aliphatic rings. The minimum absolute atomic E-state index is 0.0157. The Morgan fingerprint density at radius 1 is 0.326 bits per heavy atom. The van der Waals surface area contributed by atoms with Crippen molar-refractivity contribution in [1.29, 1.82) is 0 Å². The molecule has 39 nitrogen and oxygen atoms in total. The van der Waals surface area contributed by atoms with Crippen LogP contribution >= 0.6 is 0 Å². The average Bonchev–Trinajstić information content (AvgIpc) is 1.62. The minimum Gasteiger partial charge on any atom is -0.353 e. The number of nitrogens with one attached hydrogen (secondary N) is 3. The molecule has 708 valence electrons. The van der Waals surface area contributed by atoms with E-state index in [1.165, 1.54) is 83.2 Å². The lowest BCUT2D eigenvalue weighted by Gasteiger charge is -2.37. The second kappa shape index (κ2) is 38.1. The first-order chi connectivity index (χ1) is 67.0. The Labute approximate surface area is 775 Å². The summed E-state index contributed by atoms with van der Waals surface area (Å²) in [6.07, 6.45) is 5.04. The van der Waals surface area contributed by atoms with Crippen LogP contribution in [0.5, 0.6) is 0 Å². The fraction of sp³-hybridized carbons (Fsp3) is 0.315. The van der Waals surface area contributed by atoms with E-state index in [4.69, 9.17) is 0 Å². The highest BCUT2D eigenvalue weighted by Crippen LogP contribution is 2.35. The number of pyridine rings is 5. The molecule has 3 N–H and O–H groups in total. The standard InChI is InChI=1S/3C18H17F2N7O.C18H18F2N6O.C17H14F2N8/c3*19-17(20)13-1-2-15-22-9-14(27(15)24-13)11-3-4-21-16(7-11)25-5-6-26-12(10-25)8-23-18(26)28;1-12(27)24-6-8-25(9-7-24)17-10-13(4-5-21-17)15-11-22-16-3-2-14(18(19)20)23-26(15)16;18-17(19)12-1-2-14-21-8-13(27(14)24-12)11-3-4-20-15(7-11)25-5-6-26-10-22-23-16(26)9-25/h3*1-4,7,9,12,17H,5-6,8,10H2,(H,23,28);2-5,10-11,18H,6-9H2,1H3;1-4,7-8,10,17H,5-6,9H2. The number of halogens is 10. The van der Waals surface area contributed by atoms with E-state index in [0.717, 1.165) is 75.8 Å². The summed E-state index contributed by atoms with van der Waals surface area (Å²) in [5.41, 5.74) is 8.15. The predicted molar refractivity (Wildman–Crippen MR) is 480 cm³/mol. The Bertz CT molecular complexity index is 6810. The number of piperazine rings is 4. The zero-order valence-corrected chi connectivity index (χ0v) is 73.2. The van der Waals surface area contributed by atoms with Gasteiger partial charge in [-0.15, -0.1) is 10.2 Å². The van der Waals surface area contributed by atoms with Gasteiger partial charge in [0.2, 0.25) is 5.91 Å². The SMILES string of the molecule is CC(=O)N1CCN(c2cc(-c3cnc4ccc(C(F)F)nn34)ccn2)CC1.FC(F)c1ccc2ncc(-c3ccnc(N4CCn5cnnc5C4)c3)n2n1.O=C1NCC2CN(c3cc(-c4cnc5ccc(C(F)F)nn45)ccn3)CCN12.O=C1NCC2CN(c3cc(-c4cnc5ccc(C(F)F)nn45)ccn3)CCN12.O=C1NCC2CN(c3cc(-c4cnc5ccc(C(F)F)nn45)ccn3)CCN12. The number of carbonyl (C=O) groups excluding carboxylic acids is 4. The van der Waals surface area contributed by atoms with E-state index in [1.54, 1.807) is 104 Å². The van der Waals surface area contributed by atoms with E-state index in [9.17, 15) is 63.1 Å². The zero-order chi connectivity index (χ0) is 95.1. The van der Waals surface area contributed by atoms with Crippen molar-refractivity contribution in [2.45, 2.75) is 70.3 Å². The number of urea groups is 3. The molecule has 7 amide bonds.